The van der Waals surface area contributed by atoms with Gasteiger partial charge >= 0.3 is 0 Å². The first-order valence-corrected chi connectivity index (χ1v) is 9.85. The zero-order valence-electron chi connectivity index (χ0n) is 16.2. The van der Waals surface area contributed by atoms with Crippen molar-refractivity contribution in [3.8, 4) is 0 Å². The van der Waals surface area contributed by atoms with Crippen LogP contribution in [0.1, 0.15) is 35.6 Å². The summed E-state index contributed by atoms with van der Waals surface area (Å²) in [5.41, 5.74) is 4.87. The van der Waals surface area contributed by atoms with E-state index in [9.17, 15) is 4.79 Å². The number of nitrogens with zero attached hydrogens (tertiary/aromatic N) is 5. The summed E-state index contributed by atoms with van der Waals surface area (Å²) in [4.78, 5) is 17.2. The molecule has 1 aliphatic carbocycles. The number of amides is 1. The molecule has 29 heavy (non-hydrogen) atoms. The normalized spacial score (nSPS) is 13.7. The molecule has 1 fully saturated rings. The molecule has 5 rings (SSSR count). The van der Waals surface area contributed by atoms with Gasteiger partial charge in [-0.3, -0.25) is 9.48 Å². The second-order valence-corrected chi connectivity index (χ2v) is 7.57. The van der Waals surface area contributed by atoms with Crippen LogP contribution in [0.25, 0.3) is 11.0 Å². The molecule has 7 heteroatoms. The van der Waals surface area contributed by atoms with E-state index in [4.69, 9.17) is 0 Å². The van der Waals surface area contributed by atoms with Gasteiger partial charge in [-0.1, -0.05) is 12.1 Å². The van der Waals surface area contributed by atoms with Crippen molar-refractivity contribution in [2.24, 2.45) is 0 Å². The largest absolute Gasteiger partial charge is 0.324 e. The number of benzene rings is 1. The Labute approximate surface area is 168 Å². The second-order valence-electron chi connectivity index (χ2n) is 7.57. The van der Waals surface area contributed by atoms with Gasteiger partial charge in [0.25, 0.3) is 0 Å². The first kappa shape index (κ1) is 17.6. The lowest BCUT2D eigenvalue weighted by Gasteiger charge is -2.08. The van der Waals surface area contributed by atoms with Gasteiger partial charge in [-0.15, -0.1) is 0 Å². The fourth-order valence-corrected chi connectivity index (χ4v) is 3.82. The molecule has 1 aromatic carbocycles. The van der Waals surface area contributed by atoms with Crippen LogP contribution in [-0.4, -0.2) is 30.5 Å². The van der Waals surface area contributed by atoms with Gasteiger partial charge in [-0.25, -0.2) is 9.67 Å². The molecule has 0 saturated heterocycles. The predicted octanol–water partition coefficient (Wildman–Crippen LogP) is 3.50. The van der Waals surface area contributed by atoms with Crippen LogP contribution in [0.2, 0.25) is 0 Å². The standard InChI is InChI=1S/C22H22N6O/c1-15-21-19(17-6-7-17)8-10-23-22(21)28(26-15)14-20(29)25-18-5-2-4-16(12-18)13-27-11-3-9-24-27/h2-5,8-12,17H,6-7,13-14H2,1H3,(H,25,29). The van der Waals surface area contributed by atoms with Gasteiger partial charge in [0.2, 0.25) is 5.91 Å². The molecule has 0 aliphatic heterocycles. The Morgan fingerprint density at radius 2 is 2.10 bits per heavy atom. The predicted molar refractivity (Wildman–Crippen MR) is 111 cm³/mol. The smallest absolute Gasteiger partial charge is 0.246 e. The van der Waals surface area contributed by atoms with Gasteiger partial charge in [0.05, 0.1) is 12.2 Å². The van der Waals surface area contributed by atoms with Crippen LogP contribution >= 0.6 is 0 Å². The minimum absolute atomic E-state index is 0.121. The topological polar surface area (TPSA) is 77.6 Å². The highest BCUT2D eigenvalue weighted by Gasteiger charge is 2.27. The van der Waals surface area contributed by atoms with E-state index in [1.54, 1.807) is 10.9 Å². The third kappa shape index (κ3) is 3.63. The maximum Gasteiger partial charge on any atom is 0.246 e. The van der Waals surface area contributed by atoms with Crippen molar-refractivity contribution >= 4 is 22.6 Å². The van der Waals surface area contributed by atoms with Gasteiger partial charge in [0.15, 0.2) is 5.65 Å². The molecule has 3 aromatic heterocycles. The molecule has 1 saturated carbocycles. The fraction of sp³-hybridized carbons (Fsp3) is 0.273. The number of pyridine rings is 1. The number of aromatic nitrogens is 5. The van der Waals surface area contributed by atoms with Gasteiger partial charge in [0, 0.05) is 29.7 Å². The van der Waals surface area contributed by atoms with Crippen LogP contribution in [0, 0.1) is 6.92 Å². The number of nitrogens with one attached hydrogen (secondary N) is 1. The summed E-state index contributed by atoms with van der Waals surface area (Å²) >= 11 is 0. The van der Waals surface area contributed by atoms with E-state index in [1.165, 1.54) is 18.4 Å². The molecule has 1 amide bonds. The summed E-state index contributed by atoms with van der Waals surface area (Å²) in [6.07, 6.45) is 7.94. The van der Waals surface area contributed by atoms with E-state index in [0.29, 0.717) is 12.5 Å². The zero-order valence-corrected chi connectivity index (χ0v) is 16.2. The minimum Gasteiger partial charge on any atom is -0.324 e. The molecular formula is C22H22N6O. The highest BCUT2D eigenvalue weighted by molar-refractivity contribution is 5.92. The minimum atomic E-state index is -0.121. The van der Waals surface area contributed by atoms with Crippen LogP contribution in [0.5, 0.6) is 0 Å². The Morgan fingerprint density at radius 1 is 1.21 bits per heavy atom. The molecule has 1 N–H and O–H groups in total. The van der Waals surface area contributed by atoms with Crippen molar-refractivity contribution in [1.82, 2.24) is 24.5 Å². The number of aryl methyl sites for hydroxylation is 1. The summed E-state index contributed by atoms with van der Waals surface area (Å²) in [6, 6.07) is 11.8. The van der Waals surface area contributed by atoms with Crippen LogP contribution in [0.15, 0.2) is 55.0 Å². The SMILES string of the molecule is Cc1nn(CC(=O)Nc2cccc(Cn3cccn3)c2)c2nccc(C3CC3)c12. The summed E-state index contributed by atoms with van der Waals surface area (Å²) < 4.78 is 3.56. The third-order valence-electron chi connectivity index (χ3n) is 5.27. The van der Waals surface area contributed by atoms with E-state index >= 15 is 0 Å². The number of anilines is 1. The van der Waals surface area contributed by atoms with Crippen molar-refractivity contribution in [3.63, 3.8) is 0 Å². The summed E-state index contributed by atoms with van der Waals surface area (Å²) in [5, 5.41) is 12.9. The number of hydrogen-bond donors (Lipinski definition) is 1. The Bertz CT molecular complexity index is 1170. The van der Waals surface area contributed by atoms with E-state index in [0.717, 1.165) is 28.0 Å². The van der Waals surface area contributed by atoms with Crippen LogP contribution in [0.4, 0.5) is 5.69 Å². The van der Waals surface area contributed by atoms with E-state index in [1.807, 2.05) is 54.3 Å². The molecule has 0 spiro atoms. The highest BCUT2D eigenvalue weighted by atomic mass is 16.2. The summed E-state index contributed by atoms with van der Waals surface area (Å²) in [6.45, 7) is 2.78. The molecule has 3 heterocycles. The second kappa shape index (κ2) is 7.16. The number of carbonyl (C=O) groups excluding carboxylic acids is 1. The molecule has 0 atom stereocenters. The molecule has 1 aliphatic rings. The van der Waals surface area contributed by atoms with Crippen molar-refractivity contribution in [2.45, 2.75) is 38.8 Å². The summed E-state index contributed by atoms with van der Waals surface area (Å²) in [5.74, 6) is 0.493. The van der Waals surface area contributed by atoms with E-state index in [-0.39, 0.29) is 12.5 Å². The van der Waals surface area contributed by atoms with Crippen molar-refractivity contribution in [2.75, 3.05) is 5.32 Å². The van der Waals surface area contributed by atoms with Gasteiger partial charge < -0.3 is 5.32 Å². The van der Waals surface area contributed by atoms with Gasteiger partial charge in [-0.2, -0.15) is 10.2 Å². The Balaban J connectivity index is 1.33. The molecular weight excluding hydrogens is 364 g/mol. The highest BCUT2D eigenvalue weighted by Crippen LogP contribution is 2.43. The maximum atomic E-state index is 12.7. The lowest BCUT2D eigenvalue weighted by molar-refractivity contribution is -0.116. The number of rotatable bonds is 6. The fourth-order valence-electron chi connectivity index (χ4n) is 3.82. The van der Waals surface area contributed by atoms with Crippen molar-refractivity contribution < 1.29 is 4.79 Å². The average molecular weight is 386 g/mol. The van der Waals surface area contributed by atoms with Gasteiger partial charge in [-0.05, 0) is 61.1 Å². The van der Waals surface area contributed by atoms with E-state index in [2.05, 4.69) is 26.6 Å². The number of fused-ring (bicyclic) bond motifs is 1. The zero-order chi connectivity index (χ0) is 19.8. The first-order chi connectivity index (χ1) is 14.2. The quantitative estimate of drug-likeness (QED) is 0.550. The average Bonchev–Trinajstić information content (AvgIpc) is 3.35. The van der Waals surface area contributed by atoms with Crippen LogP contribution in [-0.2, 0) is 17.9 Å². The van der Waals surface area contributed by atoms with Crippen molar-refractivity contribution in [3.05, 3.63) is 71.8 Å². The third-order valence-corrected chi connectivity index (χ3v) is 5.27. The number of hydrogen-bond acceptors (Lipinski definition) is 4. The van der Waals surface area contributed by atoms with Crippen LogP contribution in [0.3, 0.4) is 0 Å². The molecule has 0 unspecified atom stereocenters. The summed E-state index contributed by atoms with van der Waals surface area (Å²) in [7, 11) is 0. The molecule has 0 bridgehead atoms. The van der Waals surface area contributed by atoms with Crippen LogP contribution < -0.4 is 5.32 Å². The number of carbonyl (C=O) groups is 1. The molecule has 4 aromatic rings. The van der Waals surface area contributed by atoms with Gasteiger partial charge in [0.1, 0.15) is 6.54 Å². The van der Waals surface area contributed by atoms with Crippen molar-refractivity contribution in [1.29, 1.82) is 0 Å². The Kier molecular flexibility index (Phi) is 4.35. The first-order valence-electron chi connectivity index (χ1n) is 9.85. The lowest BCUT2D eigenvalue weighted by Crippen LogP contribution is -2.20. The molecule has 7 nitrogen and oxygen atoms in total. The monoisotopic (exact) mass is 386 g/mol. The Hall–Kier alpha value is -3.48. The Morgan fingerprint density at radius 3 is 2.90 bits per heavy atom. The molecule has 146 valence electrons. The molecule has 0 radical (unpaired) electrons. The maximum absolute atomic E-state index is 12.7. The van der Waals surface area contributed by atoms with E-state index < -0.39 is 0 Å². The lowest BCUT2D eigenvalue weighted by atomic mass is 10.1.